The number of carbonyl (C=O) groups excluding carboxylic acids is 2. The molecule has 7 heteroatoms. The Morgan fingerprint density at radius 3 is 2.42 bits per heavy atom. The van der Waals surface area contributed by atoms with Crippen LogP contribution in [0.4, 0.5) is 0 Å². The molecule has 26 heavy (non-hydrogen) atoms. The number of carbonyl (C=O) groups is 2. The van der Waals surface area contributed by atoms with E-state index < -0.39 is 0 Å². The van der Waals surface area contributed by atoms with Gasteiger partial charge in [0.1, 0.15) is 10.6 Å². The molecule has 0 atom stereocenters. The van der Waals surface area contributed by atoms with E-state index in [-0.39, 0.29) is 17.6 Å². The lowest BCUT2D eigenvalue weighted by molar-refractivity contribution is 0.0911. The number of ether oxygens (including phenoxy) is 1. The van der Waals surface area contributed by atoms with Crippen LogP contribution >= 0.6 is 11.3 Å². The average molecular weight is 370 g/mol. The van der Waals surface area contributed by atoms with E-state index in [0.717, 1.165) is 10.4 Å². The first-order valence-electron chi connectivity index (χ1n) is 8.02. The lowest BCUT2D eigenvalue weighted by Gasteiger charge is -2.06. The first kappa shape index (κ1) is 17.8. The molecule has 0 aliphatic heterocycles. The van der Waals surface area contributed by atoms with E-state index in [0.29, 0.717) is 23.7 Å². The summed E-state index contributed by atoms with van der Waals surface area (Å²) < 4.78 is 10.3. The van der Waals surface area contributed by atoms with Crippen molar-refractivity contribution < 1.29 is 18.7 Å². The van der Waals surface area contributed by atoms with Crippen LogP contribution in [0.2, 0.25) is 0 Å². The van der Waals surface area contributed by atoms with Crippen molar-refractivity contribution >= 4 is 23.2 Å². The fourth-order valence-electron chi connectivity index (χ4n) is 2.36. The fourth-order valence-corrected chi connectivity index (χ4v) is 3.40. The Hall–Kier alpha value is -3.06. The fraction of sp³-hybridized carbons (Fsp3) is 0.158. The molecule has 0 bridgehead atoms. The van der Waals surface area contributed by atoms with Gasteiger partial charge in [0.15, 0.2) is 5.76 Å². The molecule has 0 fully saturated rings. The number of benzene rings is 1. The SMILES string of the molecule is COc1cc(-c2ccccc2)sc1C(=O)NCCNC(=O)c1ccco1. The molecule has 0 saturated carbocycles. The third-order valence-electron chi connectivity index (χ3n) is 3.62. The second kappa shape index (κ2) is 8.35. The van der Waals surface area contributed by atoms with Crippen LogP contribution in [0.5, 0.6) is 5.75 Å². The van der Waals surface area contributed by atoms with E-state index >= 15 is 0 Å². The van der Waals surface area contributed by atoms with Gasteiger partial charge in [-0.1, -0.05) is 30.3 Å². The van der Waals surface area contributed by atoms with Gasteiger partial charge in [-0.3, -0.25) is 9.59 Å². The number of nitrogens with one attached hydrogen (secondary N) is 2. The van der Waals surface area contributed by atoms with E-state index in [9.17, 15) is 9.59 Å². The Kier molecular flexibility index (Phi) is 5.70. The molecule has 0 aliphatic carbocycles. The topological polar surface area (TPSA) is 80.6 Å². The standard InChI is InChI=1S/C19H18N2O4S/c1-24-15-12-16(13-6-3-2-4-7-13)26-17(15)19(23)21-10-9-20-18(22)14-8-5-11-25-14/h2-8,11-12H,9-10H2,1H3,(H,20,22)(H,21,23). The molecule has 6 nitrogen and oxygen atoms in total. The second-order valence-electron chi connectivity index (χ2n) is 5.36. The van der Waals surface area contributed by atoms with Crippen LogP contribution in [-0.2, 0) is 0 Å². The largest absolute Gasteiger partial charge is 0.495 e. The van der Waals surface area contributed by atoms with Crippen molar-refractivity contribution in [3.63, 3.8) is 0 Å². The van der Waals surface area contributed by atoms with E-state index in [4.69, 9.17) is 9.15 Å². The maximum absolute atomic E-state index is 12.4. The minimum absolute atomic E-state index is 0.235. The summed E-state index contributed by atoms with van der Waals surface area (Å²) in [6, 6.07) is 14.9. The van der Waals surface area contributed by atoms with Crippen LogP contribution in [-0.4, -0.2) is 32.0 Å². The molecule has 2 N–H and O–H groups in total. The van der Waals surface area contributed by atoms with Gasteiger partial charge < -0.3 is 19.8 Å². The lowest BCUT2D eigenvalue weighted by atomic mass is 10.2. The Balaban J connectivity index is 1.57. The predicted molar refractivity (Wildman–Crippen MR) is 99.7 cm³/mol. The second-order valence-corrected chi connectivity index (χ2v) is 6.42. The van der Waals surface area contributed by atoms with Crippen molar-refractivity contribution in [2.24, 2.45) is 0 Å². The number of rotatable bonds is 7. The Bertz CT molecular complexity index is 872. The third-order valence-corrected chi connectivity index (χ3v) is 4.79. The number of methoxy groups -OCH3 is 1. The maximum Gasteiger partial charge on any atom is 0.287 e. The molecule has 0 radical (unpaired) electrons. The van der Waals surface area contributed by atoms with Crippen molar-refractivity contribution in [1.82, 2.24) is 10.6 Å². The Morgan fingerprint density at radius 2 is 1.77 bits per heavy atom. The van der Waals surface area contributed by atoms with Gasteiger partial charge in [-0.05, 0) is 23.8 Å². The molecule has 3 aromatic rings. The first-order valence-corrected chi connectivity index (χ1v) is 8.84. The van der Waals surface area contributed by atoms with Gasteiger partial charge in [0.25, 0.3) is 11.8 Å². The van der Waals surface area contributed by atoms with E-state index in [1.54, 1.807) is 12.1 Å². The molecule has 2 amide bonds. The summed E-state index contributed by atoms with van der Waals surface area (Å²) in [5, 5.41) is 5.46. The normalized spacial score (nSPS) is 10.3. The number of hydrogen-bond acceptors (Lipinski definition) is 5. The van der Waals surface area contributed by atoms with Gasteiger partial charge >= 0.3 is 0 Å². The minimum atomic E-state index is -0.315. The van der Waals surface area contributed by atoms with E-state index in [1.165, 1.54) is 24.7 Å². The highest BCUT2D eigenvalue weighted by molar-refractivity contribution is 7.17. The summed E-state index contributed by atoms with van der Waals surface area (Å²) in [4.78, 5) is 25.6. The highest BCUT2D eigenvalue weighted by Gasteiger charge is 2.17. The number of hydrogen-bond donors (Lipinski definition) is 2. The Labute approximate surface area is 154 Å². The maximum atomic E-state index is 12.4. The van der Waals surface area contributed by atoms with Crippen LogP contribution in [0.25, 0.3) is 10.4 Å². The van der Waals surface area contributed by atoms with E-state index in [2.05, 4.69) is 10.6 Å². The summed E-state index contributed by atoms with van der Waals surface area (Å²) in [5.74, 6) is 0.223. The van der Waals surface area contributed by atoms with Gasteiger partial charge in [-0.2, -0.15) is 0 Å². The first-order chi connectivity index (χ1) is 12.7. The van der Waals surface area contributed by atoms with Crippen LogP contribution in [0.3, 0.4) is 0 Å². The number of furan rings is 1. The molecular weight excluding hydrogens is 352 g/mol. The van der Waals surface area contributed by atoms with Gasteiger partial charge in [0, 0.05) is 18.0 Å². The van der Waals surface area contributed by atoms with E-state index in [1.807, 2.05) is 36.4 Å². The van der Waals surface area contributed by atoms with Crippen LogP contribution in [0.15, 0.2) is 59.2 Å². The molecule has 2 aromatic heterocycles. The molecule has 134 valence electrons. The van der Waals surface area contributed by atoms with Crippen LogP contribution in [0, 0.1) is 0 Å². The van der Waals surface area contributed by atoms with Crippen LogP contribution in [0.1, 0.15) is 20.2 Å². The van der Waals surface area contributed by atoms with Gasteiger partial charge in [-0.25, -0.2) is 0 Å². The van der Waals surface area contributed by atoms with Crippen molar-refractivity contribution in [3.05, 3.63) is 65.4 Å². The van der Waals surface area contributed by atoms with Gasteiger partial charge in [0.05, 0.1) is 13.4 Å². The highest BCUT2D eigenvalue weighted by atomic mass is 32.1. The van der Waals surface area contributed by atoms with Gasteiger partial charge in [-0.15, -0.1) is 11.3 Å². The number of amides is 2. The quantitative estimate of drug-likeness (QED) is 0.626. The zero-order valence-electron chi connectivity index (χ0n) is 14.2. The molecular formula is C19H18N2O4S. The van der Waals surface area contributed by atoms with Crippen LogP contribution < -0.4 is 15.4 Å². The molecule has 1 aromatic carbocycles. The predicted octanol–water partition coefficient (Wildman–Crippen LogP) is 3.18. The number of thiophene rings is 1. The Morgan fingerprint density at radius 1 is 1.04 bits per heavy atom. The summed E-state index contributed by atoms with van der Waals surface area (Å²) in [5.41, 5.74) is 1.03. The summed E-state index contributed by atoms with van der Waals surface area (Å²) in [6.45, 7) is 0.595. The lowest BCUT2D eigenvalue weighted by Crippen LogP contribution is -2.34. The van der Waals surface area contributed by atoms with Crippen molar-refractivity contribution in [1.29, 1.82) is 0 Å². The summed E-state index contributed by atoms with van der Waals surface area (Å²) >= 11 is 1.37. The zero-order valence-corrected chi connectivity index (χ0v) is 15.0. The highest BCUT2D eigenvalue weighted by Crippen LogP contribution is 2.35. The minimum Gasteiger partial charge on any atom is -0.495 e. The van der Waals surface area contributed by atoms with Crippen molar-refractivity contribution in [2.75, 3.05) is 20.2 Å². The third kappa shape index (κ3) is 4.12. The molecule has 0 unspecified atom stereocenters. The zero-order chi connectivity index (χ0) is 18.4. The van der Waals surface area contributed by atoms with Gasteiger partial charge in [0.2, 0.25) is 0 Å². The summed E-state index contributed by atoms with van der Waals surface area (Å²) in [7, 11) is 1.54. The van der Waals surface area contributed by atoms with Crippen molar-refractivity contribution in [3.8, 4) is 16.2 Å². The summed E-state index contributed by atoms with van der Waals surface area (Å²) in [6.07, 6.45) is 1.43. The molecule has 0 aliphatic rings. The molecule has 0 saturated heterocycles. The molecule has 2 heterocycles. The molecule has 0 spiro atoms. The molecule has 3 rings (SSSR count). The smallest absolute Gasteiger partial charge is 0.287 e. The monoisotopic (exact) mass is 370 g/mol. The average Bonchev–Trinajstić information content (AvgIpc) is 3.35. The van der Waals surface area contributed by atoms with Crippen molar-refractivity contribution in [2.45, 2.75) is 0 Å².